The van der Waals surface area contributed by atoms with Crippen molar-refractivity contribution in [1.29, 1.82) is 0 Å². The number of rotatable bonds is 3. The topological polar surface area (TPSA) is 17.1 Å². The molecule has 0 spiro atoms. The standard InChI is InChI=1S/C5H8BrIO/c1-2-3-4(6)5(7)8/h4H,2-3H2,1H3. The third-order valence-corrected chi connectivity index (χ3v) is 3.27. The molecule has 0 aromatic rings. The first-order valence-electron chi connectivity index (χ1n) is 2.52. The van der Waals surface area contributed by atoms with Crippen molar-refractivity contribution in [2.45, 2.75) is 24.6 Å². The van der Waals surface area contributed by atoms with Gasteiger partial charge in [-0.1, -0.05) is 29.3 Å². The summed E-state index contributed by atoms with van der Waals surface area (Å²) >= 11 is 5.05. The van der Waals surface area contributed by atoms with Crippen molar-refractivity contribution in [1.82, 2.24) is 0 Å². The maximum Gasteiger partial charge on any atom is 0.205 e. The molecule has 8 heavy (non-hydrogen) atoms. The van der Waals surface area contributed by atoms with Crippen LogP contribution in [-0.2, 0) is 4.79 Å². The van der Waals surface area contributed by atoms with Gasteiger partial charge in [0.15, 0.2) is 0 Å². The molecule has 0 aromatic carbocycles. The second-order valence-corrected chi connectivity index (χ2v) is 3.73. The first-order chi connectivity index (χ1) is 3.68. The summed E-state index contributed by atoms with van der Waals surface area (Å²) in [6, 6.07) is 0. The van der Waals surface area contributed by atoms with Gasteiger partial charge in [-0.25, -0.2) is 0 Å². The Hall–Kier alpha value is 0.880. The van der Waals surface area contributed by atoms with Gasteiger partial charge in [0.05, 0.1) is 4.83 Å². The van der Waals surface area contributed by atoms with E-state index >= 15 is 0 Å². The van der Waals surface area contributed by atoms with E-state index in [4.69, 9.17) is 0 Å². The highest BCUT2D eigenvalue weighted by atomic mass is 127. The highest BCUT2D eigenvalue weighted by Crippen LogP contribution is 2.11. The molecule has 1 nitrogen and oxygen atoms in total. The van der Waals surface area contributed by atoms with Gasteiger partial charge >= 0.3 is 0 Å². The molecule has 0 N–H and O–H groups in total. The van der Waals surface area contributed by atoms with Crippen LogP contribution in [0.3, 0.4) is 0 Å². The Morgan fingerprint density at radius 1 is 1.88 bits per heavy atom. The van der Waals surface area contributed by atoms with Crippen LogP contribution in [0.2, 0.25) is 0 Å². The lowest BCUT2D eigenvalue weighted by atomic mass is 10.3. The summed E-state index contributed by atoms with van der Waals surface area (Å²) in [6.07, 6.45) is 2.01. The Balaban J connectivity index is 3.32. The number of alkyl halides is 1. The highest BCUT2D eigenvalue weighted by Gasteiger charge is 2.07. The van der Waals surface area contributed by atoms with Gasteiger partial charge in [-0.05, 0) is 6.42 Å². The monoisotopic (exact) mass is 290 g/mol. The van der Waals surface area contributed by atoms with Crippen LogP contribution in [0.25, 0.3) is 0 Å². The summed E-state index contributed by atoms with van der Waals surface area (Å²) in [5.41, 5.74) is 0. The molecule has 0 rings (SSSR count). The molecule has 0 heterocycles. The molecule has 0 amide bonds. The predicted molar refractivity (Wildman–Crippen MR) is 46.7 cm³/mol. The maximum absolute atomic E-state index is 10.5. The molecular weight excluding hydrogens is 283 g/mol. The zero-order valence-corrected chi connectivity index (χ0v) is 8.40. The zero-order chi connectivity index (χ0) is 6.57. The second kappa shape index (κ2) is 4.73. The Kier molecular flexibility index (Phi) is 5.25. The Labute approximate surface area is 71.5 Å². The average molecular weight is 291 g/mol. The van der Waals surface area contributed by atoms with Gasteiger partial charge in [0.1, 0.15) is 0 Å². The van der Waals surface area contributed by atoms with Crippen LogP contribution in [0, 0.1) is 0 Å². The molecule has 1 atom stereocenters. The minimum atomic E-state index is 0.0769. The molecule has 0 bridgehead atoms. The molecule has 0 saturated carbocycles. The van der Waals surface area contributed by atoms with E-state index in [-0.39, 0.29) is 8.62 Å². The van der Waals surface area contributed by atoms with E-state index in [2.05, 4.69) is 22.9 Å². The minimum Gasteiger partial charge on any atom is -0.287 e. The summed E-state index contributed by atoms with van der Waals surface area (Å²) in [5, 5.41) is 0. The Bertz CT molecular complexity index is 84.5. The van der Waals surface area contributed by atoms with Crippen molar-refractivity contribution in [3.05, 3.63) is 0 Å². The summed E-state index contributed by atoms with van der Waals surface area (Å²) in [6.45, 7) is 2.06. The minimum absolute atomic E-state index is 0.0769. The number of carbonyl (C=O) groups excluding carboxylic acids is 1. The van der Waals surface area contributed by atoms with Crippen LogP contribution in [-0.4, -0.2) is 8.62 Å². The van der Waals surface area contributed by atoms with Crippen LogP contribution < -0.4 is 0 Å². The largest absolute Gasteiger partial charge is 0.287 e. The van der Waals surface area contributed by atoms with Crippen LogP contribution >= 0.6 is 38.5 Å². The van der Waals surface area contributed by atoms with Crippen molar-refractivity contribution in [3.63, 3.8) is 0 Å². The fourth-order valence-electron chi connectivity index (χ4n) is 0.367. The first kappa shape index (κ1) is 8.88. The van der Waals surface area contributed by atoms with E-state index in [0.29, 0.717) is 0 Å². The van der Waals surface area contributed by atoms with Gasteiger partial charge in [-0.2, -0.15) is 0 Å². The summed E-state index contributed by atoms with van der Waals surface area (Å²) in [7, 11) is 0. The molecule has 0 aromatic heterocycles. The van der Waals surface area contributed by atoms with Gasteiger partial charge < -0.3 is 0 Å². The quantitative estimate of drug-likeness (QED) is 0.443. The molecular formula is C5H8BrIO. The fraction of sp³-hybridized carbons (Fsp3) is 0.800. The third kappa shape index (κ3) is 3.83. The van der Waals surface area contributed by atoms with Crippen molar-refractivity contribution < 1.29 is 4.79 Å². The molecule has 0 fully saturated rings. The van der Waals surface area contributed by atoms with Crippen LogP contribution in [0.15, 0.2) is 0 Å². The molecule has 0 saturated heterocycles. The summed E-state index contributed by atoms with van der Waals surface area (Å²) in [5.74, 6) is 0. The smallest absolute Gasteiger partial charge is 0.205 e. The SMILES string of the molecule is CCCC(Br)C(=O)I. The van der Waals surface area contributed by atoms with E-state index in [9.17, 15) is 4.79 Å². The zero-order valence-electron chi connectivity index (χ0n) is 4.66. The molecule has 1 unspecified atom stereocenters. The maximum atomic E-state index is 10.5. The molecule has 48 valence electrons. The second-order valence-electron chi connectivity index (χ2n) is 1.56. The summed E-state index contributed by atoms with van der Waals surface area (Å²) in [4.78, 5) is 10.6. The van der Waals surface area contributed by atoms with Gasteiger partial charge in [0.25, 0.3) is 0 Å². The van der Waals surface area contributed by atoms with Crippen LogP contribution in [0.4, 0.5) is 0 Å². The van der Waals surface area contributed by atoms with E-state index in [1.807, 2.05) is 0 Å². The Morgan fingerprint density at radius 2 is 2.38 bits per heavy atom. The highest BCUT2D eigenvalue weighted by molar-refractivity contribution is 14.1. The Morgan fingerprint density at radius 3 is 2.50 bits per heavy atom. The van der Waals surface area contributed by atoms with E-state index in [1.54, 1.807) is 22.6 Å². The lowest BCUT2D eigenvalue weighted by Crippen LogP contribution is -2.04. The third-order valence-electron chi connectivity index (χ3n) is 0.788. The van der Waals surface area contributed by atoms with E-state index in [0.717, 1.165) is 12.8 Å². The number of halogens is 2. The van der Waals surface area contributed by atoms with E-state index < -0.39 is 0 Å². The predicted octanol–water partition coefficient (Wildman–Crippen LogP) is 2.51. The van der Waals surface area contributed by atoms with Crippen LogP contribution in [0.5, 0.6) is 0 Å². The fourth-order valence-corrected chi connectivity index (χ4v) is 1.14. The lowest BCUT2D eigenvalue weighted by Gasteiger charge is -1.98. The average Bonchev–Trinajstić information content (AvgIpc) is 1.67. The van der Waals surface area contributed by atoms with Crippen molar-refractivity contribution in [2.75, 3.05) is 0 Å². The lowest BCUT2D eigenvalue weighted by molar-refractivity contribution is -0.109. The number of hydrogen-bond acceptors (Lipinski definition) is 1. The molecule has 0 aliphatic rings. The van der Waals surface area contributed by atoms with Crippen molar-refractivity contribution in [3.8, 4) is 0 Å². The van der Waals surface area contributed by atoms with Gasteiger partial charge in [0.2, 0.25) is 3.79 Å². The van der Waals surface area contributed by atoms with E-state index in [1.165, 1.54) is 0 Å². The van der Waals surface area contributed by atoms with Crippen molar-refractivity contribution in [2.24, 2.45) is 0 Å². The van der Waals surface area contributed by atoms with Crippen molar-refractivity contribution >= 4 is 42.3 Å². The normalized spacial score (nSPS) is 13.4. The van der Waals surface area contributed by atoms with Gasteiger partial charge in [0, 0.05) is 22.6 Å². The summed E-state index contributed by atoms with van der Waals surface area (Å²) < 4.78 is 0.199. The molecule has 0 aliphatic carbocycles. The van der Waals surface area contributed by atoms with Crippen LogP contribution in [0.1, 0.15) is 19.8 Å². The first-order valence-corrected chi connectivity index (χ1v) is 4.51. The van der Waals surface area contributed by atoms with Gasteiger partial charge in [-0.3, -0.25) is 4.79 Å². The molecule has 3 heteroatoms. The molecule has 0 radical (unpaired) electrons. The molecule has 0 aliphatic heterocycles. The van der Waals surface area contributed by atoms with Gasteiger partial charge in [-0.15, -0.1) is 0 Å². The number of hydrogen-bond donors (Lipinski definition) is 0. The number of carbonyl (C=O) groups is 1.